The van der Waals surface area contributed by atoms with E-state index in [4.69, 9.17) is 11.6 Å². The lowest BCUT2D eigenvalue weighted by Crippen LogP contribution is -2.52. The minimum Gasteiger partial charge on any atom is -0.352 e. The van der Waals surface area contributed by atoms with E-state index in [1.54, 1.807) is 16.7 Å². The fraction of sp³-hybridized carbons (Fsp3) is 0.355. The number of thioether (sulfide) groups is 1. The number of carbonyl (C=O) groups excluding carboxylic acids is 2. The van der Waals surface area contributed by atoms with Crippen molar-refractivity contribution in [3.05, 3.63) is 106 Å². The fourth-order valence-electron chi connectivity index (χ4n) is 4.89. The van der Waals surface area contributed by atoms with E-state index in [9.17, 15) is 9.59 Å². The molecular formula is C31H35ClN2O2S. The maximum atomic E-state index is 13.8. The monoisotopic (exact) mass is 534 g/mol. The van der Waals surface area contributed by atoms with Gasteiger partial charge in [0.25, 0.3) is 0 Å². The van der Waals surface area contributed by atoms with Crippen molar-refractivity contribution in [2.24, 2.45) is 0 Å². The molecule has 4 nitrogen and oxygen atoms in total. The molecule has 1 atom stereocenters. The normalized spacial score (nSPS) is 14.3. The zero-order valence-corrected chi connectivity index (χ0v) is 22.9. The third kappa shape index (κ3) is 8.37. The summed E-state index contributed by atoms with van der Waals surface area (Å²) < 4.78 is 0. The average Bonchev–Trinajstić information content (AvgIpc) is 3.40. The molecular weight excluding hydrogens is 500 g/mol. The minimum absolute atomic E-state index is 0.0314. The Balaban J connectivity index is 1.56. The average molecular weight is 535 g/mol. The van der Waals surface area contributed by atoms with E-state index in [-0.39, 0.29) is 17.9 Å². The standard InChI is InChI=1S/C31H35ClN2O2S/c1-23-9-7-12-25(17-23)20-34(30(35)22-37-21-26-13-8-14-27(32)18-26)29(19-24-10-3-2-4-11-24)31(36)33-28-15-5-6-16-28/h2-4,7-14,17-18,28-29H,5-6,15-16,19-22H2,1H3,(H,33,36)/t29-/m0/s1. The first-order valence-electron chi connectivity index (χ1n) is 13.0. The van der Waals surface area contributed by atoms with Crippen LogP contribution in [0.15, 0.2) is 78.9 Å². The first-order chi connectivity index (χ1) is 18.0. The molecule has 37 heavy (non-hydrogen) atoms. The smallest absolute Gasteiger partial charge is 0.243 e. The van der Waals surface area contributed by atoms with Gasteiger partial charge in [0.1, 0.15) is 6.04 Å². The summed E-state index contributed by atoms with van der Waals surface area (Å²) in [6.07, 6.45) is 4.77. The van der Waals surface area contributed by atoms with Crippen LogP contribution < -0.4 is 5.32 Å². The van der Waals surface area contributed by atoms with Gasteiger partial charge in [-0.3, -0.25) is 9.59 Å². The van der Waals surface area contributed by atoms with Crippen LogP contribution in [0.5, 0.6) is 0 Å². The van der Waals surface area contributed by atoms with Gasteiger partial charge >= 0.3 is 0 Å². The maximum absolute atomic E-state index is 13.8. The van der Waals surface area contributed by atoms with Crippen molar-refractivity contribution in [2.45, 2.75) is 63.4 Å². The van der Waals surface area contributed by atoms with Gasteiger partial charge in [-0.2, -0.15) is 0 Å². The zero-order chi connectivity index (χ0) is 26.0. The molecule has 0 aliphatic heterocycles. The zero-order valence-electron chi connectivity index (χ0n) is 21.4. The van der Waals surface area contributed by atoms with Gasteiger partial charge < -0.3 is 10.2 Å². The molecule has 194 valence electrons. The Labute approximate surface area is 229 Å². The van der Waals surface area contributed by atoms with Crippen LogP contribution in [-0.2, 0) is 28.3 Å². The van der Waals surface area contributed by atoms with E-state index in [0.717, 1.165) is 47.9 Å². The fourth-order valence-corrected chi connectivity index (χ4v) is 5.97. The number of halogens is 1. The topological polar surface area (TPSA) is 49.4 Å². The predicted octanol–water partition coefficient (Wildman–Crippen LogP) is 6.58. The highest BCUT2D eigenvalue weighted by atomic mass is 35.5. The molecule has 3 aromatic rings. The highest BCUT2D eigenvalue weighted by Crippen LogP contribution is 2.22. The van der Waals surface area contributed by atoms with E-state index in [0.29, 0.717) is 29.5 Å². The van der Waals surface area contributed by atoms with Crippen molar-refractivity contribution >= 4 is 35.2 Å². The van der Waals surface area contributed by atoms with Crippen LogP contribution >= 0.6 is 23.4 Å². The summed E-state index contributed by atoms with van der Waals surface area (Å²) in [6.45, 7) is 2.44. The van der Waals surface area contributed by atoms with Crippen LogP contribution in [0, 0.1) is 6.92 Å². The van der Waals surface area contributed by atoms with E-state index in [1.165, 1.54) is 0 Å². The number of rotatable bonds is 11. The second-order valence-electron chi connectivity index (χ2n) is 9.83. The predicted molar refractivity (Wildman–Crippen MR) is 154 cm³/mol. The Kier molecular flexibility index (Phi) is 10.1. The number of nitrogens with one attached hydrogen (secondary N) is 1. The number of hydrogen-bond acceptors (Lipinski definition) is 3. The van der Waals surface area contributed by atoms with E-state index in [2.05, 4.69) is 11.4 Å². The molecule has 0 saturated heterocycles. The Morgan fingerprint density at radius 2 is 1.65 bits per heavy atom. The second kappa shape index (κ2) is 13.7. The van der Waals surface area contributed by atoms with Gasteiger partial charge in [-0.15, -0.1) is 11.8 Å². The van der Waals surface area contributed by atoms with E-state index < -0.39 is 6.04 Å². The first-order valence-corrected chi connectivity index (χ1v) is 14.5. The first kappa shape index (κ1) is 27.3. The van der Waals surface area contributed by atoms with Gasteiger partial charge in [0, 0.05) is 29.8 Å². The van der Waals surface area contributed by atoms with Crippen molar-refractivity contribution < 1.29 is 9.59 Å². The molecule has 4 rings (SSSR count). The number of aryl methyl sites for hydroxylation is 1. The Hall–Kier alpha value is -2.76. The van der Waals surface area contributed by atoms with Crippen LogP contribution in [0.4, 0.5) is 0 Å². The number of carbonyl (C=O) groups is 2. The molecule has 0 unspecified atom stereocenters. The molecule has 1 saturated carbocycles. The molecule has 1 aliphatic rings. The third-order valence-electron chi connectivity index (χ3n) is 6.79. The molecule has 0 aromatic heterocycles. The maximum Gasteiger partial charge on any atom is 0.243 e. The van der Waals surface area contributed by atoms with Crippen molar-refractivity contribution in [2.75, 3.05) is 5.75 Å². The summed E-state index contributed by atoms with van der Waals surface area (Å²) in [4.78, 5) is 29.3. The van der Waals surface area contributed by atoms with Gasteiger partial charge in [-0.25, -0.2) is 0 Å². The molecule has 6 heteroatoms. The van der Waals surface area contributed by atoms with Gasteiger partial charge in [-0.05, 0) is 48.6 Å². The summed E-state index contributed by atoms with van der Waals surface area (Å²) in [5.74, 6) is 0.885. The summed E-state index contributed by atoms with van der Waals surface area (Å²) >= 11 is 7.69. The molecule has 0 radical (unpaired) electrons. The highest BCUT2D eigenvalue weighted by molar-refractivity contribution is 7.99. The summed E-state index contributed by atoms with van der Waals surface area (Å²) in [7, 11) is 0. The highest BCUT2D eigenvalue weighted by Gasteiger charge is 2.32. The number of amides is 2. The Morgan fingerprint density at radius 1 is 0.946 bits per heavy atom. The van der Waals surface area contributed by atoms with Crippen molar-refractivity contribution in [3.63, 3.8) is 0 Å². The van der Waals surface area contributed by atoms with Gasteiger partial charge in [-0.1, -0.05) is 96.7 Å². The van der Waals surface area contributed by atoms with Crippen LogP contribution in [0.2, 0.25) is 5.02 Å². The van der Waals surface area contributed by atoms with Crippen LogP contribution in [0.25, 0.3) is 0 Å². The summed E-state index contributed by atoms with van der Waals surface area (Å²) in [6, 6.07) is 25.5. The minimum atomic E-state index is -0.581. The van der Waals surface area contributed by atoms with Gasteiger partial charge in [0.05, 0.1) is 5.75 Å². The van der Waals surface area contributed by atoms with Crippen LogP contribution in [0.3, 0.4) is 0 Å². The summed E-state index contributed by atoms with van der Waals surface area (Å²) in [5, 5.41) is 3.96. The molecule has 0 spiro atoms. The van der Waals surface area contributed by atoms with Crippen LogP contribution in [-0.4, -0.2) is 34.6 Å². The van der Waals surface area contributed by atoms with Crippen molar-refractivity contribution in [3.8, 4) is 0 Å². The number of nitrogens with zero attached hydrogens (tertiary/aromatic N) is 1. The molecule has 1 aliphatic carbocycles. The summed E-state index contributed by atoms with van der Waals surface area (Å²) in [5.41, 5.74) is 4.29. The van der Waals surface area contributed by atoms with Crippen molar-refractivity contribution in [1.82, 2.24) is 10.2 Å². The molecule has 2 amide bonds. The molecule has 0 bridgehead atoms. The van der Waals surface area contributed by atoms with Gasteiger partial charge in [0.2, 0.25) is 11.8 Å². The van der Waals surface area contributed by atoms with E-state index >= 15 is 0 Å². The van der Waals surface area contributed by atoms with Crippen LogP contribution in [0.1, 0.15) is 47.9 Å². The lowest BCUT2D eigenvalue weighted by atomic mass is 10.0. The number of hydrogen-bond donors (Lipinski definition) is 1. The molecule has 3 aromatic carbocycles. The molecule has 1 N–H and O–H groups in total. The third-order valence-corrected chi connectivity index (χ3v) is 8.01. The molecule has 1 fully saturated rings. The Morgan fingerprint density at radius 3 is 2.38 bits per heavy atom. The van der Waals surface area contributed by atoms with Gasteiger partial charge in [0.15, 0.2) is 0 Å². The van der Waals surface area contributed by atoms with Crippen molar-refractivity contribution in [1.29, 1.82) is 0 Å². The number of benzene rings is 3. The van der Waals surface area contributed by atoms with E-state index in [1.807, 2.05) is 79.7 Å². The molecule has 0 heterocycles. The Bertz CT molecular complexity index is 1180. The quantitative estimate of drug-likeness (QED) is 0.302. The second-order valence-corrected chi connectivity index (χ2v) is 11.3. The largest absolute Gasteiger partial charge is 0.352 e. The SMILES string of the molecule is Cc1cccc(CN(C(=O)CSCc2cccc(Cl)c2)[C@@H](Cc2ccccc2)C(=O)NC2CCCC2)c1. The lowest BCUT2D eigenvalue weighted by Gasteiger charge is -2.32. The lowest BCUT2D eigenvalue weighted by molar-refractivity contribution is -0.139.